The van der Waals surface area contributed by atoms with E-state index in [-0.39, 0.29) is 40.1 Å². The zero-order valence-corrected chi connectivity index (χ0v) is 22.9. The first-order chi connectivity index (χ1) is 19.3. The molecule has 2 aromatic carbocycles. The van der Waals surface area contributed by atoms with E-state index in [0.717, 1.165) is 30.9 Å². The second-order valence-electron chi connectivity index (χ2n) is 9.62. The average Bonchev–Trinajstić information content (AvgIpc) is 2.92. The first kappa shape index (κ1) is 30.7. The number of rotatable bonds is 6. The molecule has 216 valence electrons. The summed E-state index contributed by atoms with van der Waals surface area (Å²) in [7, 11) is 1.52. The van der Waals surface area contributed by atoms with Gasteiger partial charge in [-0.2, -0.15) is 13.2 Å². The Morgan fingerprint density at radius 3 is 2.51 bits per heavy atom. The lowest BCUT2D eigenvalue weighted by atomic mass is 10.0. The number of benzene rings is 2. The number of hydrogen-bond acceptors (Lipinski definition) is 5. The number of halogens is 3. The number of nitrogens with one attached hydrogen (secondary N) is 3. The largest absolute Gasteiger partial charge is 0.416 e. The van der Waals surface area contributed by atoms with Crippen LogP contribution in [0.25, 0.3) is 0 Å². The van der Waals surface area contributed by atoms with Crippen LogP contribution in [0.1, 0.15) is 45.5 Å². The topological polar surface area (TPSA) is 150 Å². The third-order valence-corrected chi connectivity index (χ3v) is 6.57. The van der Waals surface area contributed by atoms with Crippen molar-refractivity contribution in [2.24, 2.45) is 16.5 Å². The number of nitrogens with two attached hydrogens (primary N) is 2. The van der Waals surface area contributed by atoms with Gasteiger partial charge in [0.05, 0.1) is 16.8 Å². The minimum atomic E-state index is -4.58. The van der Waals surface area contributed by atoms with Gasteiger partial charge in [0.1, 0.15) is 11.7 Å². The summed E-state index contributed by atoms with van der Waals surface area (Å²) in [6, 6.07) is 8.17. The normalized spacial score (nSPS) is 16.2. The molecule has 0 aromatic heterocycles. The maximum Gasteiger partial charge on any atom is 0.416 e. The molecule has 1 fully saturated rings. The van der Waals surface area contributed by atoms with E-state index in [1.54, 1.807) is 30.0 Å². The van der Waals surface area contributed by atoms with Gasteiger partial charge < -0.3 is 27.0 Å². The van der Waals surface area contributed by atoms with Gasteiger partial charge in [-0.3, -0.25) is 20.0 Å². The molecule has 0 saturated carbocycles. The average molecular weight is 568 g/mol. The summed E-state index contributed by atoms with van der Waals surface area (Å²) in [5.41, 5.74) is 12.7. The number of likely N-dealkylation sites (tertiary alicyclic amines) is 1. The molecule has 0 spiro atoms. The SMILES string of the molecule is CN=C(NC1CCCN(C=O)C1)/C(C(=N)N)=C(\N)C#Cc1cc(NC(=O)c2ccc(C)c(C(F)(F)F)c2)ccc1C. The van der Waals surface area contributed by atoms with Crippen molar-refractivity contribution in [3.05, 3.63) is 75.5 Å². The van der Waals surface area contributed by atoms with E-state index in [2.05, 4.69) is 27.5 Å². The lowest BCUT2D eigenvalue weighted by Crippen LogP contribution is -2.48. The standard InChI is InChI=1S/C29H32F3N7O2/c1-17-7-10-21(38-28(41)20-8-6-18(2)23(14-20)29(30,31)32)13-19(17)9-11-24(33)25(26(34)35)27(36-3)37-22-5-4-12-39(15-22)16-40/h6-8,10,13-14,16,22H,4-5,12,15,33H2,1-3H3,(H3,34,35)(H,36,37)(H,38,41)/b25-24-. The molecule has 9 nitrogen and oxygen atoms in total. The fourth-order valence-corrected chi connectivity index (χ4v) is 4.37. The lowest BCUT2D eigenvalue weighted by molar-refractivity contribution is -0.138. The van der Waals surface area contributed by atoms with Crippen molar-refractivity contribution in [2.75, 3.05) is 25.5 Å². The monoisotopic (exact) mass is 567 g/mol. The molecule has 1 atom stereocenters. The highest BCUT2D eigenvalue weighted by molar-refractivity contribution is 6.22. The number of piperidine rings is 1. The number of allylic oxidation sites excluding steroid dienone is 1. The van der Waals surface area contributed by atoms with E-state index in [4.69, 9.17) is 16.9 Å². The van der Waals surface area contributed by atoms with Gasteiger partial charge in [0.15, 0.2) is 0 Å². The van der Waals surface area contributed by atoms with Crippen molar-refractivity contribution in [1.82, 2.24) is 10.2 Å². The van der Waals surface area contributed by atoms with Crippen molar-refractivity contribution in [2.45, 2.75) is 38.9 Å². The molecule has 0 bridgehead atoms. The van der Waals surface area contributed by atoms with Crippen LogP contribution in [0.3, 0.4) is 0 Å². The van der Waals surface area contributed by atoms with Gasteiger partial charge in [0, 0.05) is 43.0 Å². The Hall–Kier alpha value is -4.79. The maximum absolute atomic E-state index is 13.3. The Balaban J connectivity index is 1.86. The zero-order valence-electron chi connectivity index (χ0n) is 22.9. The van der Waals surface area contributed by atoms with E-state index in [0.29, 0.717) is 24.3 Å². The third kappa shape index (κ3) is 7.88. The smallest absolute Gasteiger partial charge is 0.391 e. The summed E-state index contributed by atoms with van der Waals surface area (Å²) in [6.07, 6.45) is -2.19. The van der Waals surface area contributed by atoms with E-state index < -0.39 is 17.6 Å². The number of hydrogen-bond donors (Lipinski definition) is 5. The number of amidine groups is 2. The molecule has 0 aliphatic carbocycles. The van der Waals surface area contributed by atoms with Crippen LogP contribution in [0.4, 0.5) is 18.9 Å². The maximum atomic E-state index is 13.3. The van der Waals surface area contributed by atoms with Gasteiger partial charge in [-0.15, -0.1) is 0 Å². The van der Waals surface area contributed by atoms with Gasteiger partial charge in [0.2, 0.25) is 6.41 Å². The number of alkyl halides is 3. The van der Waals surface area contributed by atoms with Gasteiger partial charge in [-0.05, 0) is 68.0 Å². The minimum Gasteiger partial charge on any atom is -0.391 e. The van der Waals surface area contributed by atoms with Gasteiger partial charge in [-0.1, -0.05) is 18.1 Å². The number of amides is 2. The number of carbonyl (C=O) groups excluding carboxylic acids is 2. The van der Waals surface area contributed by atoms with E-state index in [1.807, 2.05) is 0 Å². The highest BCUT2D eigenvalue weighted by Crippen LogP contribution is 2.32. The van der Waals surface area contributed by atoms with Crippen molar-refractivity contribution < 1.29 is 22.8 Å². The molecule has 1 aliphatic rings. The van der Waals surface area contributed by atoms with Crippen LogP contribution in [0, 0.1) is 31.1 Å². The van der Waals surface area contributed by atoms with Gasteiger partial charge >= 0.3 is 6.18 Å². The fraction of sp³-hybridized carbons (Fsp3) is 0.310. The summed E-state index contributed by atoms with van der Waals surface area (Å²) in [4.78, 5) is 29.8. The molecule has 3 rings (SSSR count). The first-order valence-corrected chi connectivity index (χ1v) is 12.7. The Kier molecular flexibility index (Phi) is 9.78. The quantitative estimate of drug-likeness (QED) is 0.157. The van der Waals surface area contributed by atoms with E-state index >= 15 is 0 Å². The molecule has 1 saturated heterocycles. The molecular weight excluding hydrogens is 535 g/mol. The molecule has 1 heterocycles. The predicted molar refractivity (Wildman–Crippen MR) is 152 cm³/mol. The molecule has 1 unspecified atom stereocenters. The summed E-state index contributed by atoms with van der Waals surface area (Å²) in [5.74, 6) is 4.93. The van der Waals surface area contributed by atoms with Crippen LogP contribution in [0.5, 0.6) is 0 Å². The highest BCUT2D eigenvalue weighted by Gasteiger charge is 2.33. The molecule has 0 radical (unpaired) electrons. The van der Waals surface area contributed by atoms with E-state index in [9.17, 15) is 22.8 Å². The van der Waals surface area contributed by atoms with Crippen molar-refractivity contribution in [3.8, 4) is 11.8 Å². The second-order valence-corrected chi connectivity index (χ2v) is 9.62. The van der Waals surface area contributed by atoms with Crippen LogP contribution in [0.15, 0.2) is 52.7 Å². The van der Waals surface area contributed by atoms with Crippen LogP contribution >= 0.6 is 0 Å². The molecule has 2 aromatic rings. The summed E-state index contributed by atoms with van der Waals surface area (Å²) in [5, 5.41) is 13.9. The van der Waals surface area contributed by atoms with Crippen LogP contribution in [-0.2, 0) is 11.0 Å². The van der Waals surface area contributed by atoms with Crippen LogP contribution < -0.4 is 22.1 Å². The molecule has 12 heteroatoms. The summed E-state index contributed by atoms with van der Waals surface area (Å²) in [6.45, 7) is 4.26. The third-order valence-electron chi connectivity index (χ3n) is 6.57. The molecule has 7 N–H and O–H groups in total. The number of aliphatic imine (C=N–C) groups is 1. The Labute approximate surface area is 236 Å². The number of anilines is 1. The number of nitrogens with zero attached hydrogens (tertiary/aromatic N) is 2. The van der Waals surface area contributed by atoms with Gasteiger partial charge in [0.25, 0.3) is 5.91 Å². The molecule has 2 amide bonds. The first-order valence-electron chi connectivity index (χ1n) is 12.7. The van der Waals surface area contributed by atoms with Crippen molar-refractivity contribution in [1.29, 1.82) is 5.41 Å². The highest BCUT2D eigenvalue weighted by atomic mass is 19.4. The molecule has 1 aliphatic heterocycles. The number of carbonyl (C=O) groups is 2. The Morgan fingerprint density at radius 1 is 1.17 bits per heavy atom. The summed E-state index contributed by atoms with van der Waals surface area (Å²) >= 11 is 0. The summed E-state index contributed by atoms with van der Waals surface area (Å²) < 4.78 is 39.9. The minimum absolute atomic E-state index is 0.0122. The molecular formula is C29H32F3N7O2. The Morgan fingerprint density at radius 2 is 1.88 bits per heavy atom. The van der Waals surface area contributed by atoms with Crippen molar-refractivity contribution in [3.63, 3.8) is 0 Å². The van der Waals surface area contributed by atoms with E-state index in [1.165, 1.54) is 26.1 Å². The zero-order chi connectivity index (χ0) is 30.3. The fourth-order valence-electron chi connectivity index (χ4n) is 4.37. The number of aryl methyl sites for hydroxylation is 2. The lowest BCUT2D eigenvalue weighted by Gasteiger charge is -2.31. The van der Waals surface area contributed by atoms with Gasteiger partial charge in [-0.25, -0.2) is 0 Å². The Bertz CT molecular complexity index is 1470. The van der Waals surface area contributed by atoms with Crippen LogP contribution in [0.2, 0.25) is 0 Å². The van der Waals surface area contributed by atoms with Crippen molar-refractivity contribution >= 4 is 29.7 Å². The van der Waals surface area contributed by atoms with Crippen LogP contribution in [-0.4, -0.2) is 55.1 Å². The molecule has 41 heavy (non-hydrogen) atoms. The predicted octanol–water partition coefficient (Wildman–Crippen LogP) is 3.31. The second kappa shape index (κ2) is 13.0.